The number of rotatable bonds is 16. The van der Waals surface area contributed by atoms with E-state index in [9.17, 15) is 4.79 Å². The Kier molecular flexibility index (Phi) is 15.1. The van der Waals surface area contributed by atoms with Gasteiger partial charge in [0.05, 0.1) is 20.6 Å². The number of benzene rings is 1. The van der Waals surface area contributed by atoms with Crippen LogP contribution >= 0.6 is 0 Å². The Morgan fingerprint density at radius 2 is 1.57 bits per heavy atom. The van der Waals surface area contributed by atoms with Crippen LogP contribution in [0, 0.1) is 5.92 Å². The van der Waals surface area contributed by atoms with Crippen LogP contribution in [0.25, 0.3) is 0 Å². The molecule has 1 rings (SSSR count). The van der Waals surface area contributed by atoms with Crippen molar-refractivity contribution < 1.29 is 21.7 Å². The van der Waals surface area contributed by atoms with Crippen molar-refractivity contribution in [2.24, 2.45) is 5.92 Å². The first kappa shape index (κ1) is 26.9. The Bertz CT molecular complexity index is 527. The van der Waals surface area contributed by atoms with Crippen LogP contribution in [0.1, 0.15) is 76.7 Å². The van der Waals surface area contributed by atoms with E-state index < -0.39 is 0 Å². The molecule has 1 unspecified atom stereocenters. The van der Waals surface area contributed by atoms with Crippen molar-refractivity contribution in [1.82, 2.24) is 0 Å². The average molecular weight is 408 g/mol. The molecule has 1 aromatic rings. The number of hydrogen-bond donors (Lipinski definition) is 0. The Morgan fingerprint density at radius 1 is 1.00 bits per heavy atom. The molecule has 28 heavy (non-hydrogen) atoms. The molecule has 0 fully saturated rings. The van der Waals surface area contributed by atoms with Crippen LogP contribution in [0.2, 0.25) is 0 Å². The van der Waals surface area contributed by atoms with Gasteiger partial charge in [0.2, 0.25) is 0 Å². The predicted molar refractivity (Wildman–Crippen MR) is 118 cm³/mol. The molecule has 0 aromatic heterocycles. The molecule has 0 spiro atoms. The molecule has 0 aliphatic carbocycles. The Morgan fingerprint density at radius 3 is 2.14 bits per heavy atom. The summed E-state index contributed by atoms with van der Waals surface area (Å²) in [6, 6.07) is 10.7. The molecule has 2 nitrogen and oxygen atoms in total. The normalized spacial score (nSPS) is 12.2. The summed E-state index contributed by atoms with van der Waals surface area (Å²) in [5, 5.41) is 0. The zero-order chi connectivity index (χ0) is 20.0. The van der Waals surface area contributed by atoms with E-state index in [2.05, 4.69) is 57.9 Å². The standard InChI is InChI=1S/C25H42NO.ClH/c1-5-7-8-9-10-11-12-14-19-24(20-25(27)6-2)22-26(3,4)21-23-17-15-13-16-18-23;/h6,13,15-18,24H,2,5,7-12,14,19-22H2,1,3-4H3;1H/q+1;/p-1. The minimum absolute atomic E-state index is 0. The number of ketones is 1. The maximum Gasteiger partial charge on any atom is 0.155 e. The van der Waals surface area contributed by atoms with Crippen LogP contribution in [0.5, 0.6) is 0 Å². The van der Waals surface area contributed by atoms with Gasteiger partial charge in [0.25, 0.3) is 0 Å². The number of hydrogen-bond acceptors (Lipinski definition) is 1. The first-order chi connectivity index (χ1) is 13.0. The van der Waals surface area contributed by atoms with Gasteiger partial charge in [-0.15, -0.1) is 0 Å². The Labute approximate surface area is 180 Å². The van der Waals surface area contributed by atoms with E-state index in [0.29, 0.717) is 12.3 Å². The van der Waals surface area contributed by atoms with E-state index in [0.717, 1.165) is 24.0 Å². The summed E-state index contributed by atoms with van der Waals surface area (Å²) in [7, 11) is 4.57. The molecule has 1 atom stereocenters. The molecule has 0 heterocycles. The van der Waals surface area contributed by atoms with Crippen molar-refractivity contribution in [3.63, 3.8) is 0 Å². The molecular formula is C25H42ClNO. The number of nitrogens with zero attached hydrogens (tertiary/aromatic N) is 1. The van der Waals surface area contributed by atoms with Crippen LogP contribution in [0.15, 0.2) is 43.0 Å². The van der Waals surface area contributed by atoms with Crippen molar-refractivity contribution >= 4 is 5.78 Å². The molecule has 0 amide bonds. The highest BCUT2D eigenvalue weighted by atomic mass is 35.5. The van der Waals surface area contributed by atoms with E-state index in [1.807, 2.05) is 0 Å². The largest absolute Gasteiger partial charge is 1.00 e. The van der Waals surface area contributed by atoms with Gasteiger partial charge in [0.15, 0.2) is 5.78 Å². The van der Waals surface area contributed by atoms with Gasteiger partial charge in [-0.25, -0.2) is 0 Å². The lowest BCUT2D eigenvalue weighted by Gasteiger charge is -2.33. The average Bonchev–Trinajstić information content (AvgIpc) is 2.63. The highest BCUT2D eigenvalue weighted by Crippen LogP contribution is 2.21. The van der Waals surface area contributed by atoms with Gasteiger partial charge in [0.1, 0.15) is 6.54 Å². The smallest absolute Gasteiger partial charge is 0.155 e. The fourth-order valence-corrected chi connectivity index (χ4v) is 4.03. The molecule has 0 aliphatic rings. The van der Waals surface area contributed by atoms with E-state index in [1.165, 1.54) is 63.0 Å². The van der Waals surface area contributed by atoms with Gasteiger partial charge in [-0.1, -0.05) is 95.2 Å². The zero-order valence-electron chi connectivity index (χ0n) is 18.5. The van der Waals surface area contributed by atoms with E-state index in [-0.39, 0.29) is 18.2 Å². The summed E-state index contributed by atoms with van der Waals surface area (Å²) >= 11 is 0. The van der Waals surface area contributed by atoms with Crippen LogP contribution in [0.4, 0.5) is 0 Å². The molecule has 0 bridgehead atoms. The van der Waals surface area contributed by atoms with Crippen LogP contribution in [-0.4, -0.2) is 30.9 Å². The fourth-order valence-electron chi connectivity index (χ4n) is 4.03. The second-order valence-electron chi connectivity index (χ2n) is 8.77. The lowest BCUT2D eigenvalue weighted by molar-refractivity contribution is -0.906. The summed E-state index contributed by atoms with van der Waals surface area (Å²) in [4.78, 5) is 12.0. The van der Waals surface area contributed by atoms with Crippen LogP contribution in [0.3, 0.4) is 0 Å². The number of carbonyl (C=O) groups excluding carboxylic acids is 1. The number of allylic oxidation sites excluding steroid dienone is 1. The Hall–Kier alpha value is -1.12. The maximum absolute atomic E-state index is 12.0. The third kappa shape index (κ3) is 13.1. The first-order valence-electron chi connectivity index (χ1n) is 11.0. The molecule has 3 heteroatoms. The predicted octanol–water partition coefficient (Wildman–Crippen LogP) is 3.56. The van der Waals surface area contributed by atoms with Crippen LogP contribution in [-0.2, 0) is 11.3 Å². The summed E-state index contributed by atoms with van der Waals surface area (Å²) in [5.74, 6) is 0.647. The quantitative estimate of drug-likeness (QED) is 0.232. The zero-order valence-corrected chi connectivity index (χ0v) is 19.2. The minimum Gasteiger partial charge on any atom is -1.00 e. The van der Waals surface area contributed by atoms with Gasteiger partial charge in [0, 0.05) is 17.9 Å². The van der Waals surface area contributed by atoms with Gasteiger partial charge < -0.3 is 16.9 Å². The number of unbranched alkanes of at least 4 members (excludes halogenated alkanes) is 7. The molecule has 0 N–H and O–H groups in total. The van der Waals surface area contributed by atoms with Crippen molar-refractivity contribution in [1.29, 1.82) is 0 Å². The molecule has 0 saturated heterocycles. The Balaban J connectivity index is 0.00000729. The fraction of sp³-hybridized carbons (Fsp3) is 0.640. The number of quaternary nitrogens is 1. The van der Waals surface area contributed by atoms with Crippen molar-refractivity contribution in [3.8, 4) is 0 Å². The van der Waals surface area contributed by atoms with Crippen LogP contribution < -0.4 is 12.4 Å². The number of carbonyl (C=O) groups is 1. The second kappa shape index (κ2) is 15.8. The molecule has 1 aromatic carbocycles. The molecule has 160 valence electrons. The molecular weight excluding hydrogens is 366 g/mol. The van der Waals surface area contributed by atoms with Gasteiger partial charge >= 0.3 is 0 Å². The molecule has 0 aliphatic heterocycles. The SMILES string of the molecule is C=CC(=O)CC(CCCCCCCCCC)C[N+](C)(C)Cc1ccccc1.[Cl-]. The van der Waals surface area contributed by atoms with Crippen molar-refractivity contribution in [2.45, 2.75) is 77.7 Å². The maximum atomic E-state index is 12.0. The number of halogens is 1. The highest BCUT2D eigenvalue weighted by molar-refractivity contribution is 5.89. The highest BCUT2D eigenvalue weighted by Gasteiger charge is 2.23. The van der Waals surface area contributed by atoms with Crippen molar-refractivity contribution in [2.75, 3.05) is 20.6 Å². The third-order valence-electron chi connectivity index (χ3n) is 5.39. The molecule has 0 radical (unpaired) electrons. The van der Waals surface area contributed by atoms with Gasteiger partial charge in [-0.3, -0.25) is 4.79 Å². The summed E-state index contributed by atoms with van der Waals surface area (Å²) < 4.78 is 0.927. The minimum atomic E-state index is 0. The lowest BCUT2D eigenvalue weighted by atomic mass is 9.93. The summed E-state index contributed by atoms with van der Waals surface area (Å²) in [6.45, 7) is 7.99. The topological polar surface area (TPSA) is 17.1 Å². The van der Waals surface area contributed by atoms with Gasteiger partial charge in [-0.2, -0.15) is 0 Å². The summed E-state index contributed by atoms with van der Waals surface area (Å²) in [6.07, 6.45) is 14.0. The first-order valence-corrected chi connectivity index (χ1v) is 11.0. The third-order valence-corrected chi connectivity index (χ3v) is 5.39. The van der Waals surface area contributed by atoms with Gasteiger partial charge in [-0.05, 0) is 12.5 Å². The second-order valence-corrected chi connectivity index (χ2v) is 8.77. The molecule has 0 saturated carbocycles. The lowest BCUT2D eigenvalue weighted by Crippen LogP contribution is -3.00. The summed E-state index contributed by atoms with van der Waals surface area (Å²) in [5.41, 5.74) is 1.36. The van der Waals surface area contributed by atoms with E-state index in [1.54, 1.807) is 0 Å². The van der Waals surface area contributed by atoms with E-state index in [4.69, 9.17) is 0 Å². The van der Waals surface area contributed by atoms with Crippen molar-refractivity contribution in [3.05, 3.63) is 48.6 Å². The monoisotopic (exact) mass is 407 g/mol. The van der Waals surface area contributed by atoms with E-state index >= 15 is 0 Å².